The molecule has 0 aliphatic heterocycles. The number of anilines is 1. The third-order valence-electron chi connectivity index (χ3n) is 5.00. The Morgan fingerprint density at radius 2 is 1.82 bits per heavy atom. The Balaban J connectivity index is 1.77. The first kappa shape index (κ1) is 23.5. The van der Waals surface area contributed by atoms with Gasteiger partial charge >= 0.3 is 0 Å². The summed E-state index contributed by atoms with van der Waals surface area (Å²) in [6.07, 6.45) is 3.86. The van der Waals surface area contributed by atoms with Gasteiger partial charge in [0.2, 0.25) is 0 Å². The predicted octanol–water partition coefficient (Wildman–Crippen LogP) is 5.48. The first-order valence-electron chi connectivity index (χ1n) is 9.55. The van der Waals surface area contributed by atoms with E-state index in [9.17, 15) is 24.8 Å². The molecule has 4 aromatic rings. The van der Waals surface area contributed by atoms with E-state index >= 15 is 0 Å². The second kappa shape index (κ2) is 9.30. The molecule has 0 bridgehead atoms. The van der Waals surface area contributed by atoms with Crippen molar-refractivity contribution in [3.63, 3.8) is 0 Å². The fourth-order valence-electron chi connectivity index (χ4n) is 3.51. The van der Waals surface area contributed by atoms with E-state index in [1.54, 1.807) is 6.07 Å². The summed E-state index contributed by atoms with van der Waals surface area (Å²) < 4.78 is 1.44. The quantitative estimate of drug-likeness (QED) is 0.150. The minimum Gasteiger partial charge on any atom is -0.506 e. The number of carbonyl (C=O) groups excluding carboxylic acids is 2. The van der Waals surface area contributed by atoms with Gasteiger partial charge in [-0.2, -0.15) is 0 Å². The Morgan fingerprint density at radius 1 is 1.12 bits per heavy atom. The topological polar surface area (TPSA) is 127 Å². The number of hydrogen-bond acceptors (Lipinski definition) is 6. The summed E-state index contributed by atoms with van der Waals surface area (Å²) >= 11 is 18.0. The minimum atomic E-state index is -1.02. The number of nitrogens with zero attached hydrogens (tertiary/aromatic N) is 3. The lowest BCUT2D eigenvalue weighted by Gasteiger charge is -2.08. The second-order valence-electron chi connectivity index (χ2n) is 7.14. The van der Waals surface area contributed by atoms with Crippen LogP contribution in [0.25, 0.3) is 10.9 Å². The van der Waals surface area contributed by atoms with Crippen LogP contribution in [0.5, 0.6) is 5.75 Å². The van der Waals surface area contributed by atoms with E-state index in [2.05, 4.69) is 10.3 Å². The zero-order chi connectivity index (χ0) is 24.6. The molecule has 0 saturated carbocycles. The lowest BCUT2D eigenvalue weighted by molar-refractivity contribution is -0.385. The molecular formula is C22H13Cl3N4O5. The smallest absolute Gasteiger partial charge is 0.296 e. The van der Waals surface area contributed by atoms with Gasteiger partial charge in [-0.3, -0.25) is 24.7 Å². The number of benzene rings is 2. The van der Waals surface area contributed by atoms with Gasteiger partial charge in [0.05, 0.1) is 43.8 Å². The van der Waals surface area contributed by atoms with Gasteiger partial charge in [-0.15, -0.1) is 0 Å². The maximum Gasteiger partial charge on any atom is 0.296 e. The van der Waals surface area contributed by atoms with Gasteiger partial charge in [0, 0.05) is 35.1 Å². The first-order valence-corrected chi connectivity index (χ1v) is 10.7. The summed E-state index contributed by atoms with van der Waals surface area (Å²) in [6, 6.07) is 8.54. The average molecular weight is 520 g/mol. The van der Waals surface area contributed by atoms with Crippen molar-refractivity contribution >= 4 is 68.8 Å². The van der Waals surface area contributed by atoms with Gasteiger partial charge in [-0.1, -0.05) is 46.9 Å². The third-order valence-corrected chi connectivity index (χ3v) is 5.81. The Bertz CT molecular complexity index is 1460. The second-order valence-corrected chi connectivity index (χ2v) is 8.39. The number of carbonyl (C=O) groups is 2. The number of halogens is 3. The maximum atomic E-state index is 13.1. The highest BCUT2D eigenvalue weighted by Crippen LogP contribution is 2.33. The summed E-state index contributed by atoms with van der Waals surface area (Å²) in [5.41, 5.74) is 0.269. The number of hydrogen-bond donors (Lipinski definition) is 2. The number of aromatic hydroxyl groups is 1. The summed E-state index contributed by atoms with van der Waals surface area (Å²) in [6.45, 7) is -0.0954. The fourth-order valence-corrected chi connectivity index (χ4v) is 4.17. The number of pyridine rings is 1. The van der Waals surface area contributed by atoms with Crippen molar-refractivity contribution in [2.45, 2.75) is 6.54 Å². The molecule has 0 aliphatic rings. The van der Waals surface area contributed by atoms with Gasteiger partial charge in [-0.05, 0) is 18.2 Å². The van der Waals surface area contributed by atoms with E-state index in [1.165, 1.54) is 53.5 Å². The van der Waals surface area contributed by atoms with E-state index in [4.69, 9.17) is 34.8 Å². The Hall–Kier alpha value is -3.66. The number of phenolic OH excluding ortho intramolecular Hbond substituents is 1. The van der Waals surface area contributed by atoms with E-state index in [1.807, 2.05) is 0 Å². The van der Waals surface area contributed by atoms with Crippen molar-refractivity contribution in [1.29, 1.82) is 0 Å². The molecule has 0 aliphatic carbocycles. The van der Waals surface area contributed by atoms with Crippen LogP contribution >= 0.6 is 34.8 Å². The lowest BCUT2D eigenvalue weighted by Crippen LogP contribution is -2.23. The lowest BCUT2D eigenvalue weighted by atomic mass is 10.1. The molecule has 2 aromatic carbocycles. The molecule has 9 nitrogen and oxygen atoms in total. The Morgan fingerprint density at radius 3 is 2.50 bits per heavy atom. The van der Waals surface area contributed by atoms with E-state index < -0.39 is 16.6 Å². The van der Waals surface area contributed by atoms with Crippen LogP contribution in [-0.4, -0.2) is 31.3 Å². The molecule has 1 amide bonds. The van der Waals surface area contributed by atoms with Gasteiger partial charge in [-0.25, -0.2) is 0 Å². The van der Waals surface area contributed by atoms with Crippen molar-refractivity contribution in [2.75, 3.05) is 5.32 Å². The van der Waals surface area contributed by atoms with Crippen LogP contribution in [0.1, 0.15) is 15.9 Å². The van der Waals surface area contributed by atoms with Crippen LogP contribution in [0.15, 0.2) is 55.0 Å². The molecule has 0 saturated heterocycles. The standard InChI is InChI=1S/C22H13Cl3N4O5/c23-12-4-5-17(29(33)34)11(6-12)9-28-10-14(13-2-1-3-18(30)20(13)28)21(31)22(32)27-19-15(24)7-26-8-16(19)25/h1-8,10,30H,9H2,(H,26,27,32). The third kappa shape index (κ3) is 4.41. The van der Waals surface area contributed by atoms with E-state index in [-0.39, 0.29) is 60.8 Å². The highest BCUT2D eigenvalue weighted by molar-refractivity contribution is 6.50. The van der Waals surface area contributed by atoms with Gasteiger partial charge in [0.15, 0.2) is 0 Å². The van der Waals surface area contributed by atoms with Crippen LogP contribution in [0, 0.1) is 10.1 Å². The minimum absolute atomic E-state index is 0.0258. The van der Waals surface area contributed by atoms with Crippen molar-refractivity contribution in [3.05, 3.63) is 91.3 Å². The SMILES string of the molecule is O=C(Nc1c(Cl)cncc1Cl)C(=O)c1cn(Cc2cc(Cl)ccc2[N+](=O)[O-])c2c(O)cccc12. The highest BCUT2D eigenvalue weighted by Gasteiger charge is 2.25. The molecule has 0 spiro atoms. The number of phenols is 1. The molecule has 0 radical (unpaired) electrons. The molecule has 4 rings (SSSR count). The van der Waals surface area contributed by atoms with Gasteiger partial charge in [0.1, 0.15) is 5.75 Å². The fraction of sp³-hybridized carbons (Fsp3) is 0.0455. The van der Waals surface area contributed by atoms with Gasteiger partial charge < -0.3 is 15.0 Å². The van der Waals surface area contributed by atoms with Crippen molar-refractivity contribution < 1.29 is 19.6 Å². The number of para-hydroxylation sites is 1. The molecule has 2 N–H and O–H groups in total. The van der Waals surface area contributed by atoms with Crippen LogP contribution < -0.4 is 5.32 Å². The Kier molecular flexibility index (Phi) is 6.43. The predicted molar refractivity (Wildman–Crippen MR) is 128 cm³/mol. The highest BCUT2D eigenvalue weighted by atomic mass is 35.5. The molecule has 0 atom stereocenters. The zero-order valence-corrected chi connectivity index (χ0v) is 19.2. The zero-order valence-electron chi connectivity index (χ0n) is 17.0. The largest absolute Gasteiger partial charge is 0.506 e. The van der Waals surface area contributed by atoms with E-state index in [0.717, 1.165) is 0 Å². The molecule has 0 unspecified atom stereocenters. The molecular weight excluding hydrogens is 507 g/mol. The average Bonchev–Trinajstić information content (AvgIpc) is 3.15. The van der Waals surface area contributed by atoms with E-state index in [0.29, 0.717) is 0 Å². The summed E-state index contributed by atoms with van der Waals surface area (Å²) in [5, 5.41) is 24.9. The van der Waals surface area contributed by atoms with Crippen molar-refractivity contribution in [1.82, 2.24) is 9.55 Å². The molecule has 2 aromatic heterocycles. The van der Waals surface area contributed by atoms with Crippen molar-refractivity contribution in [2.24, 2.45) is 0 Å². The van der Waals surface area contributed by atoms with Crippen LogP contribution in [0.2, 0.25) is 15.1 Å². The van der Waals surface area contributed by atoms with Crippen LogP contribution in [-0.2, 0) is 11.3 Å². The first-order chi connectivity index (χ1) is 16.2. The number of aromatic nitrogens is 2. The summed E-state index contributed by atoms with van der Waals surface area (Å²) in [5.74, 6) is -2.13. The van der Waals surface area contributed by atoms with Crippen LogP contribution in [0.4, 0.5) is 11.4 Å². The number of rotatable bonds is 6. The number of ketones is 1. The molecule has 2 heterocycles. The number of fused-ring (bicyclic) bond motifs is 1. The van der Waals surface area contributed by atoms with Gasteiger partial charge in [0.25, 0.3) is 17.4 Å². The Labute approximate surface area is 206 Å². The van der Waals surface area contributed by atoms with Crippen LogP contribution in [0.3, 0.4) is 0 Å². The number of amides is 1. The van der Waals surface area contributed by atoms with Crippen molar-refractivity contribution in [3.8, 4) is 5.75 Å². The number of nitro benzene ring substituents is 1. The molecule has 34 heavy (non-hydrogen) atoms. The maximum absolute atomic E-state index is 13.1. The number of nitrogens with one attached hydrogen (secondary N) is 1. The molecule has 0 fully saturated rings. The molecule has 172 valence electrons. The summed E-state index contributed by atoms with van der Waals surface area (Å²) in [4.78, 5) is 40.5. The molecule has 12 heteroatoms. The summed E-state index contributed by atoms with van der Waals surface area (Å²) in [7, 11) is 0. The normalized spacial score (nSPS) is 10.9. The number of Topliss-reactive ketones (excluding diaryl/α,β-unsaturated/α-hetero) is 1. The monoisotopic (exact) mass is 518 g/mol. The number of nitro groups is 1.